The van der Waals surface area contributed by atoms with Crippen molar-refractivity contribution in [3.8, 4) is 0 Å². The minimum Gasteiger partial charge on any atom is -0.346 e. The molecule has 0 spiro atoms. The van der Waals surface area contributed by atoms with Crippen molar-refractivity contribution < 1.29 is 0 Å². The Morgan fingerprint density at radius 1 is 1.20 bits per heavy atom. The number of nitrogens with zero attached hydrogens (tertiary/aromatic N) is 2. The molecule has 2 fully saturated rings. The van der Waals surface area contributed by atoms with E-state index in [0.29, 0.717) is 6.04 Å². The number of benzene rings is 1. The smallest absolute Gasteiger partial charge is 0.186 e. The van der Waals surface area contributed by atoms with Crippen molar-refractivity contribution >= 4 is 26.7 Å². The van der Waals surface area contributed by atoms with Gasteiger partial charge < -0.3 is 10.2 Å². The van der Waals surface area contributed by atoms with Crippen LogP contribution in [0.5, 0.6) is 0 Å². The van der Waals surface area contributed by atoms with Crippen molar-refractivity contribution in [2.75, 3.05) is 24.5 Å². The van der Waals surface area contributed by atoms with Gasteiger partial charge in [0.2, 0.25) is 0 Å². The van der Waals surface area contributed by atoms with E-state index in [2.05, 4.69) is 34.5 Å². The Morgan fingerprint density at radius 3 is 2.85 bits per heavy atom. The molecule has 2 aromatic rings. The Hall–Kier alpha value is -1.13. The van der Waals surface area contributed by atoms with Gasteiger partial charge >= 0.3 is 0 Å². The number of hydrogen-bond acceptors (Lipinski definition) is 4. The van der Waals surface area contributed by atoms with Crippen LogP contribution in [0, 0.1) is 5.92 Å². The Balaban J connectivity index is 1.58. The highest BCUT2D eigenvalue weighted by Gasteiger charge is 2.28. The number of anilines is 1. The summed E-state index contributed by atoms with van der Waals surface area (Å²) in [6.07, 6.45) is 5.44. The third-order valence-electron chi connectivity index (χ3n) is 4.33. The zero-order valence-corrected chi connectivity index (χ0v) is 12.5. The number of hydrogen-bond donors (Lipinski definition) is 1. The van der Waals surface area contributed by atoms with Crippen LogP contribution in [0.15, 0.2) is 24.3 Å². The molecule has 1 aliphatic carbocycles. The molecule has 1 saturated carbocycles. The maximum absolute atomic E-state index is 4.85. The van der Waals surface area contributed by atoms with Crippen molar-refractivity contribution in [1.29, 1.82) is 0 Å². The van der Waals surface area contributed by atoms with Crippen LogP contribution >= 0.6 is 11.3 Å². The molecule has 2 aliphatic rings. The predicted molar refractivity (Wildman–Crippen MR) is 85.6 cm³/mol. The van der Waals surface area contributed by atoms with Gasteiger partial charge in [-0.1, -0.05) is 23.5 Å². The van der Waals surface area contributed by atoms with Crippen LogP contribution in [0.4, 0.5) is 5.13 Å². The maximum atomic E-state index is 4.85. The summed E-state index contributed by atoms with van der Waals surface area (Å²) in [5.41, 5.74) is 1.15. The summed E-state index contributed by atoms with van der Waals surface area (Å²) < 4.78 is 1.31. The normalized spacial score (nSPS) is 22.5. The average molecular weight is 287 g/mol. The topological polar surface area (TPSA) is 28.2 Å². The van der Waals surface area contributed by atoms with Crippen LogP contribution in [-0.2, 0) is 0 Å². The fourth-order valence-corrected chi connectivity index (χ4v) is 4.00. The molecule has 0 bridgehead atoms. The molecule has 1 atom stereocenters. The van der Waals surface area contributed by atoms with E-state index in [0.717, 1.165) is 18.0 Å². The van der Waals surface area contributed by atoms with Gasteiger partial charge in [0.05, 0.1) is 10.2 Å². The molecule has 106 valence electrons. The Bertz CT molecular complexity index is 551. The molecular formula is C16H21N3S. The molecule has 2 heterocycles. The van der Waals surface area contributed by atoms with Gasteiger partial charge in [-0.2, -0.15) is 0 Å². The second-order valence-electron chi connectivity index (χ2n) is 6.11. The zero-order valence-electron chi connectivity index (χ0n) is 11.7. The summed E-state index contributed by atoms with van der Waals surface area (Å²) in [5, 5.41) is 4.83. The predicted octanol–water partition coefficient (Wildman–Crippen LogP) is 3.26. The van der Waals surface area contributed by atoms with Crippen molar-refractivity contribution in [3.05, 3.63) is 24.3 Å². The molecule has 20 heavy (non-hydrogen) atoms. The van der Waals surface area contributed by atoms with Crippen LogP contribution in [0.1, 0.15) is 25.7 Å². The first kappa shape index (κ1) is 12.6. The Kier molecular flexibility index (Phi) is 3.36. The molecule has 1 unspecified atom stereocenters. The summed E-state index contributed by atoms with van der Waals surface area (Å²) in [6.45, 7) is 3.50. The fourth-order valence-electron chi connectivity index (χ4n) is 3.02. The van der Waals surface area contributed by atoms with Crippen LogP contribution in [0.3, 0.4) is 0 Å². The standard InChI is InChI=1S/C16H21N3S/c1-2-6-15-14(5-1)18-16(20-15)19(10-12-7-8-12)11-13-4-3-9-17-13/h1-2,5-6,12-13,17H,3-4,7-11H2. The molecule has 1 aromatic heterocycles. The third-order valence-corrected chi connectivity index (χ3v) is 5.43. The number of aromatic nitrogens is 1. The first-order chi connectivity index (χ1) is 9.88. The van der Waals surface area contributed by atoms with Crippen molar-refractivity contribution in [3.63, 3.8) is 0 Å². The lowest BCUT2D eigenvalue weighted by Crippen LogP contribution is -2.38. The minimum atomic E-state index is 0.653. The van der Waals surface area contributed by atoms with Gasteiger partial charge in [-0.25, -0.2) is 4.98 Å². The average Bonchev–Trinajstić information content (AvgIpc) is 2.98. The highest BCUT2D eigenvalue weighted by atomic mass is 32.1. The number of nitrogens with one attached hydrogen (secondary N) is 1. The monoisotopic (exact) mass is 287 g/mol. The quantitative estimate of drug-likeness (QED) is 0.915. The van der Waals surface area contributed by atoms with Gasteiger partial charge in [0.1, 0.15) is 0 Å². The van der Waals surface area contributed by atoms with Gasteiger partial charge in [-0.3, -0.25) is 0 Å². The van der Waals surface area contributed by atoms with Crippen molar-refractivity contribution in [1.82, 2.24) is 10.3 Å². The van der Waals surface area contributed by atoms with Crippen LogP contribution in [0.2, 0.25) is 0 Å². The van der Waals surface area contributed by atoms with Crippen LogP contribution in [0.25, 0.3) is 10.2 Å². The lowest BCUT2D eigenvalue weighted by Gasteiger charge is -2.25. The summed E-state index contributed by atoms with van der Waals surface area (Å²) in [6, 6.07) is 9.14. The second-order valence-corrected chi connectivity index (χ2v) is 7.11. The van der Waals surface area contributed by atoms with Gasteiger partial charge in [0.15, 0.2) is 5.13 Å². The van der Waals surface area contributed by atoms with E-state index in [1.807, 2.05) is 11.3 Å². The zero-order chi connectivity index (χ0) is 13.4. The van der Waals surface area contributed by atoms with E-state index < -0.39 is 0 Å². The van der Waals surface area contributed by atoms with Gasteiger partial charge in [0, 0.05) is 19.1 Å². The number of thiazole rings is 1. The largest absolute Gasteiger partial charge is 0.346 e. The summed E-state index contributed by atoms with van der Waals surface area (Å²) >= 11 is 1.85. The van der Waals surface area contributed by atoms with E-state index in [1.54, 1.807) is 0 Å². The Morgan fingerprint density at radius 2 is 2.10 bits per heavy atom. The molecule has 1 aliphatic heterocycles. The van der Waals surface area contributed by atoms with Gasteiger partial charge in [-0.05, 0) is 50.3 Å². The molecular weight excluding hydrogens is 266 g/mol. The van der Waals surface area contributed by atoms with E-state index in [1.165, 1.54) is 48.6 Å². The van der Waals surface area contributed by atoms with Crippen molar-refractivity contribution in [2.45, 2.75) is 31.7 Å². The molecule has 3 nitrogen and oxygen atoms in total. The number of para-hydroxylation sites is 1. The highest BCUT2D eigenvalue weighted by molar-refractivity contribution is 7.22. The van der Waals surface area contributed by atoms with Crippen LogP contribution < -0.4 is 10.2 Å². The highest BCUT2D eigenvalue weighted by Crippen LogP contribution is 2.34. The van der Waals surface area contributed by atoms with Gasteiger partial charge in [0.25, 0.3) is 0 Å². The van der Waals surface area contributed by atoms with E-state index in [-0.39, 0.29) is 0 Å². The summed E-state index contributed by atoms with van der Waals surface area (Å²) in [4.78, 5) is 7.39. The molecule has 4 rings (SSSR count). The first-order valence-corrected chi connectivity index (χ1v) is 8.54. The molecule has 0 amide bonds. The number of rotatable bonds is 5. The molecule has 1 aromatic carbocycles. The van der Waals surface area contributed by atoms with E-state index in [9.17, 15) is 0 Å². The van der Waals surface area contributed by atoms with E-state index in [4.69, 9.17) is 4.98 Å². The minimum absolute atomic E-state index is 0.653. The third kappa shape index (κ3) is 2.67. The summed E-state index contributed by atoms with van der Waals surface area (Å²) in [5.74, 6) is 0.906. The second kappa shape index (κ2) is 5.34. The molecule has 1 saturated heterocycles. The van der Waals surface area contributed by atoms with Gasteiger partial charge in [-0.15, -0.1) is 0 Å². The SMILES string of the molecule is c1ccc2sc(N(CC3CC3)CC3CCCN3)nc2c1. The number of fused-ring (bicyclic) bond motifs is 1. The Labute approximate surface area is 124 Å². The molecule has 1 N–H and O–H groups in total. The van der Waals surface area contributed by atoms with Crippen molar-refractivity contribution in [2.24, 2.45) is 5.92 Å². The summed E-state index contributed by atoms with van der Waals surface area (Å²) in [7, 11) is 0. The maximum Gasteiger partial charge on any atom is 0.186 e. The van der Waals surface area contributed by atoms with Crippen LogP contribution in [-0.4, -0.2) is 30.7 Å². The lowest BCUT2D eigenvalue weighted by molar-refractivity contribution is 0.570. The van der Waals surface area contributed by atoms with E-state index >= 15 is 0 Å². The molecule has 4 heteroatoms. The fraction of sp³-hybridized carbons (Fsp3) is 0.562. The first-order valence-electron chi connectivity index (χ1n) is 7.72. The molecule has 0 radical (unpaired) electrons. The lowest BCUT2D eigenvalue weighted by atomic mass is 10.2.